The number of aromatic nitrogens is 2. The smallest absolute Gasteiger partial charge is 0.242 e. The van der Waals surface area contributed by atoms with Gasteiger partial charge in [-0.05, 0) is 20.3 Å². The van der Waals surface area contributed by atoms with Gasteiger partial charge < -0.3 is 20.5 Å². The van der Waals surface area contributed by atoms with Crippen LogP contribution in [-0.2, 0) is 4.74 Å². The molecule has 1 atom stereocenters. The van der Waals surface area contributed by atoms with Crippen LogP contribution in [-0.4, -0.2) is 36.3 Å². The molecule has 1 aromatic rings. The van der Waals surface area contributed by atoms with E-state index in [4.69, 9.17) is 15.2 Å². The molecule has 0 radical (unpaired) electrons. The highest BCUT2D eigenvalue weighted by molar-refractivity contribution is 5.67. The molecule has 0 fully saturated rings. The first-order valence-electron chi connectivity index (χ1n) is 6.10. The van der Waals surface area contributed by atoms with E-state index in [2.05, 4.69) is 29.1 Å². The number of ether oxygens (including phenoxy) is 2. The number of nitrogen functional groups attached to an aromatic ring is 1. The Hall–Kier alpha value is -1.56. The fourth-order valence-corrected chi connectivity index (χ4v) is 1.33. The third-order valence-corrected chi connectivity index (χ3v) is 2.54. The molecule has 0 aliphatic carbocycles. The second-order valence-corrected chi connectivity index (χ2v) is 4.13. The number of nitrogens with one attached hydrogen (secondary N) is 1. The summed E-state index contributed by atoms with van der Waals surface area (Å²) in [6.07, 6.45) is 0.988. The van der Waals surface area contributed by atoms with Crippen LogP contribution < -0.4 is 15.8 Å². The summed E-state index contributed by atoms with van der Waals surface area (Å²) in [4.78, 5) is 8.48. The molecule has 0 aliphatic heterocycles. The van der Waals surface area contributed by atoms with Crippen LogP contribution in [0, 0.1) is 6.92 Å². The van der Waals surface area contributed by atoms with Gasteiger partial charge in [0, 0.05) is 13.2 Å². The normalized spacial score (nSPS) is 12.2. The van der Waals surface area contributed by atoms with Gasteiger partial charge in [0.25, 0.3) is 0 Å². The Morgan fingerprint density at radius 2 is 2.06 bits per heavy atom. The number of hydrogen-bond donors (Lipinski definition) is 2. The topological polar surface area (TPSA) is 82.3 Å². The maximum absolute atomic E-state index is 5.98. The van der Waals surface area contributed by atoms with Crippen LogP contribution in [0.3, 0.4) is 0 Å². The standard InChI is InChI=1S/C12H22N4O2/c1-5-8(2)14-11-10(13)12(16-9(3)15-11)18-7-6-17-4/h8H,5-7,13H2,1-4H3,(H,14,15,16). The second-order valence-electron chi connectivity index (χ2n) is 4.13. The molecule has 1 aromatic heterocycles. The molecule has 1 unspecified atom stereocenters. The van der Waals surface area contributed by atoms with E-state index in [0.717, 1.165) is 6.42 Å². The summed E-state index contributed by atoms with van der Waals surface area (Å²) in [7, 11) is 1.62. The quantitative estimate of drug-likeness (QED) is 0.719. The molecule has 6 heteroatoms. The summed E-state index contributed by atoms with van der Waals surface area (Å²) < 4.78 is 10.4. The fraction of sp³-hybridized carbons (Fsp3) is 0.667. The van der Waals surface area contributed by atoms with Crippen LogP contribution in [0.4, 0.5) is 11.5 Å². The lowest BCUT2D eigenvalue weighted by Gasteiger charge is -2.16. The van der Waals surface area contributed by atoms with Gasteiger partial charge in [-0.2, -0.15) is 4.98 Å². The summed E-state index contributed by atoms with van der Waals surface area (Å²) in [6.45, 7) is 6.89. The van der Waals surface area contributed by atoms with Crippen LogP contribution in [0.25, 0.3) is 0 Å². The van der Waals surface area contributed by atoms with E-state index >= 15 is 0 Å². The highest BCUT2D eigenvalue weighted by Crippen LogP contribution is 2.26. The van der Waals surface area contributed by atoms with Gasteiger partial charge in [0.05, 0.1) is 6.61 Å². The van der Waals surface area contributed by atoms with Crippen molar-refractivity contribution in [2.45, 2.75) is 33.2 Å². The fourth-order valence-electron chi connectivity index (χ4n) is 1.33. The minimum atomic E-state index is 0.299. The number of hydrogen-bond acceptors (Lipinski definition) is 6. The van der Waals surface area contributed by atoms with E-state index in [1.54, 1.807) is 7.11 Å². The summed E-state index contributed by atoms with van der Waals surface area (Å²) in [5.41, 5.74) is 6.43. The molecule has 0 saturated heterocycles. The van der Waals surface area contributed by atoms with Gasteiger partial charge in [0.15, 0.2) is 5.82 Å². The third-order valence-electron chi connectivity index (χ3n) is 2.54. The van der Waals surface area contributed by atoms with Gasteiger partial charge in [-0.15, -0.1) is 0 Å². The van der Waals surface area contributed by atoms with Crippen LogP contribution in [0.5, 0.6) is 5.88 Å². The van der Waals surface area contributed by atoms with E-state index in [-0.39, 0.29) is 0 Å². The van der Waals surface area contributed by atoms with Crippen molar-refractivity contribution < 1.29 is 9.47 Å². The second kappa shape index (κ2) is 7.00. The first kappa shape index (κ1) is 14.5. The molecule has 102 valence electrons. The van der Waals surface area contributed by atoms with Gasteiger partial charge in [-0.3, -0.25) is 0 Å². The molecule has 18 heavy (non-hydrogen) atoms. The first-order valence-corrected chi connectivity index (χ1v) is 6.10. The Kier molecular flexibility index (Phi) is 5.64. The summed E-state index contributed by atoms with van der Waals surface area (Å²) >= 11 is 0. The molecule has 0 amide bonds. The molecule has 0 aromatic carbocycles. The summed E-state index contributed by atoms with van der Waals surface area (Å²) in [5, 5.41) is 3.24. The average molecular weight is 254 g/mol. The minimum absolute atomic E-state index is 0.299. The Morgan fingerprint density at radius 1 is 1.33 bits per heavy atom. The number of nitrogens with zero attached hydrogens (tertiary/aromatic N) is 2. The maximum Gasteiger partial charge on any atom is 0.242 e. The maximum atomic E-state index is 5.98. The largest absolute Gasteiger partial charge is 0.474 e. The van der Waals surface area contributed by atoms with Gasteiger partial charge in [0.2, 0.25) is 5.88 Å². The predicted molar refractivity (Wildman–Crippen MR) is 71.9 cm³/mol. The highest BCUT2D eigenvalue weighted by Gasteiger charge is 2.12. The number of nitrogens with two attached hydrogens (primary N) is 1. The zero-order valence-electron chi connectivity index (χ0n) is 11.5. The summed E-state index contributed by atoms with van der Waals surface area (Å²) in [6, 6.07) is 0.299. The Morgan fingerprint density at radius 3 is 2.67 bits per heavy atom. The molecule has 0 spiro atoms. The van der Waals surface area contributed by atoms with Gasteiger partial charge in [0.1, 0.15) is 18.1 Å². The zero-order chi connectivity index (χ0) is 13.5. The summed E-state index contributed by atoms with van der Waals surface area (Å²) in [5.74, 6) is 1.66. The molecule has 0 aliphatic rings. The van der Waals surface area contributed by atoms with Crippen molar-refractivity contribution >= 4 is 11.5 Å². The molecule has 0 saturated carbocycles. The molecule has 6 nitrogen and oxygen atoms in total. The lowest BCUT2D eigenvalue weighted by molar-refractivity contribution is 0.144. The molecule has 0 bridgehead atoms. The molecule has 1 rings (SSSR count). The van der Waals surface area contributed by atoms with Crippen LogP contribution in [0.1, 0.15) is 26.1 Å². The first-order chi connectivity index (χ1) is 8.58. The van der Waals surface area contributed by atoms with Crippen molar-refractivity contribution in [3.05, 3.63) is 5.82 Å². The molecular formula is C12H22N4O2. The number of rotatable bonds is 7. The van der Waals surface area contributed by atoms with Gasteiger partial charge in [-0.25, -0.2) is 4.98 Å². The minimum Gasteiger partial charge on any atom is -0.474 e. The molecular weight excluding hydrogens is 232 g/mol. The van der Waals surface area contributed by atoms with Crippen LogP contribution >= 0.6 is 0 Å². The highest BCUT2D eigenvalue weighted by atomic mass is 16.5. The van der Waals surface area contributed by atoms with E-state index < -0.39 is 0 Å². The molecule has 1 heterocycles. The SMILES string of the molecule is CCC(C)Nc1nc(C)nc(OCCOC)c1N. The van der Waals surface area contributed by atoms with Crippen molar-refractivity contribution in [2.24, 2.45) is 0 Å². The Labute approximate surface area is 108 Å². The predicted octanol–water partition coefficient (Wildman–Crippen LogP) is 1.60. The number of anilines is 2. The monoisotopic (exact) mass is 254 g/mol. The number of methoxy groups -OCH3 is 1. The van der Waals surface area contributed by atoms with E-state index in [1.165, 1.54) is 0 Å². The van der Waals surface area contributed by atoms with Gasteiger partial charge >= 0.3 is 0 Å². The van der Waals surface area contributed by atoms with Crippen LogP contribution in [0.2, 0.25) is 0 Å². The molecule has 3 N–H and O–H groups in total. The van der Waals surface area contributed by atoms with Crippen molar-refractivity contribution in [3.63, 3.8) is 0 Å². The Bertz CT molecular complexity index is 385. The van der Waals surface area contributed by atoms with Crippen molar-refractivity contribution in [1.82, 2.24) is 9.97 Å². The number of aryl methyl sites for hydroxylation is 1. The zero-order valence-corrected chi connectivity index (χ0v) is 11.5. The average Bonchev–Trinajstić information content (AvgIpc) is 2.34. The lowest BCUT2D eigenvalue weighted by atomic mass is 10.2. The Balaban J connectivity index is 2.84. The van der Waals surface area contributed by atoms with E-state index in [1.807, 2.05) is 6.92 Å². The van der Waals surface area contributed by atoms with E-state index in [0.29, 0.717) is 42.5 Å². The van der Waals surface area contributed by atoms with Crippen LogP contribution in [0.15, 0.2) is 0 Å². The lowest BCUT2D eigenvalue weighted by Crippen LogP contribution is -2.18. The van der Waals surface area contributed by atoms with Crippen molar-refractivity contribution in [2.75, 3.05) is 31.4 Å². The van der Waals surface area contributed by atoms with Gasteiger partial charge in [-0.1, -0.05) is 6.92 Å². The van der Waals surface area contributed by atoms with Crippen molar-refractivity contribution in [1.29, 1.82) is 0 Å². The third kappa shape index (κ3) is 4.03. The van der Waals surface area contributed by atoms with E-state index in [9.17, 15) is 0 Å². The van der Waals surface area contributed by atoms with Crippen molar-refractivity contribution in [3.8, 4) is 5.88 Å².